The lowest BCUT2D eigenvalue weighted by Crippen LogP contribution is -2.31. The number of ether oxygens (including phenoxy) is 1. The van der Waals surface area contributed by atoms with Gasteiger partial charge in [0.05, 0.1) is 6.61 Å². The zero-order chi connectivity index (χ0) is 9.84. The van der Waals surface area contributed by atoms with Crippen LogP contribution in [0.4, 0.5) is 0 Å². The van der Waals surface area contributed by atoms with Gasteiger partial charge in [0.25, 0.3) is 0 Å². The Morgan fingerprint density at radius 2 is 2.15 bits per heavy atom. The van der Waals surface area contributed by atoms with Crippen LogP contribution in [0.5, 0.6) is 5.75 Å². The van der Waals surface area contributed by atoms with Crippen LogP contribution in [0.3, 0.4) is 0 Å². The molecule has 70 valence electrons. The molecule has 2 N–H and O–H groups in total. The number of hydrogen-bond acceptors (Lipinski definition) is 3. The van der Waals surface area contributed by atoms with Crippen LogP contribution in [0.15, 0.2) is 18.2 Å². The van der Waals surface area contributed by atoms with E-state index in [1.54, 1.807) is 12.1 Å². The van der Waals surface area contributed by atoms with Gasteiger partial charge in [-0.2, -0.15) is 0 Å². The minimum absolute atomic E-state index is 0.325. The second kappa shape index (κ2) is 4.51. The molecular weight excluding hydrogens is 190 g/mol. The summed E-state index contributed by atoms with van der Waals surface area (Å²) in [6.45, 7) is 2.27. The van der Waals surface area contributed by atoms with Crippen LogP contribution in [0.25, 0.3) is 0 Å². The van der Waals surface area contributed by atoms with E-state index < -0.39 is 7.12 Å². The van der Waals surface area contributed by atoms with E-state index in [1.807, 2.05) is 6.92 Å². The first-order chi connectivity index (χ1) is 6.15. The highest BCUT2D eigenvalue weighted by molar-refractivity contribution is 6.59. The molecule has 5 heteroatoms. The van der Waals surface area contributed by atoms with E-state index in [4.69, 9.17) is 26.4 Å². The largest absolute Gasteiger partial charge is 0.494 e. The number of rotatable bonds is 3. The van der Waals surface area contributed by atoms with Gasteiger partial charge in [-0.3, -0.25) is 0 Å². The predicted octanol–water partition coefficient (Wildman–Crippen LogP) is 0.418. The Labute approximate surface area is 82.1 Å². The molecule has 0 saturated carbocycles. The van der Waals surface area contributed by atoms with Crippen LogP contribution in [0, 0.1) is 0 Å². The van der Waals surface area contributed by atoms with E-state index in [-0.39, 0.29) is 0 Å². The van der Waals surface area contributed by atoms with Crippen molar-refractivity contribution in [3.05, 3.63) is 23.2 Å². The average Bonchev–Trinajstić information content (AvgIpc) is 2.04. The quantitative estimate of drug-likeness (QED) is 0.695. The molecule has 0 bridgehead atoms. The molecule has 0 aliphatic heterocycles. The molecule has 0 spiro atoms. The van der Waals surface area contributed by atoms with Gasteiger partial charge in [-0.05, 0) is 19.1 Å². The van der Waals surface area contributed by atoms with Gasteiger partial charge in [0, 0.05) is 10.5 Å². The smallest absolute Gasteiger partial charge is 0.492 e. The fourth-order valence-electron chi connectivity index (χ4n) is 1.00. The van der Waals surface area contributed by atoms with Gasteiger partial charge in [0.2, 0.25) is 0 Å². The second-order valence-corrected chi connectivity index (χ2v) is 2.93. The summed E-state index contributed by atoms with van der Waals surface area (Å²) >= 11 is 5.71. The molecule has 3 nitrogen and oxygen atoms in total. The van der Waals surface area contributed by atoms with Crippen molar-refractivity contribution in [3.8, 4) is 5.75 Å². The van der Waals surface area contributed by atoms with Crippen LogP contribution in [-0.4, -0.2) is 23.8 Å². The molecule has 13 heavy (non-hydrogen) atoms. The van der Waals surface area contributed by atoms with Crippen molar-refractivity contribution in [1.29, 1.82) is 0 Å². The normalized spacial score (nSPS) is 9.85. The molecule has 1 rings (SSSR count). The third-order valence-corrected chi connectivity index (χ3v) is 1.79. The van der Waals surface area contributed by atoms with Gasteiger partial charge in [0.1, 0.15) is 5.75 Å². The van der Waals surface area contributed by atoms with Crippen LogP contribution in [0.2, 0.25) is 5.02 Å². The SMILES string of the molecule is CCOc1cc(Cl)ccc1B(O)O. The summed E-state index contributed by atoms with van der Waals surface area (Å²) in [5.74, 6) is 0.407. The Morgan fingerprint density at radius 3 is 2.69 bits per heavy atom. The topological polar surface area (TPSA) is 49.7 Å². The molecule has 0 atom stereocenters. The van der Waals surface area contributed by atoms with Crippen molar-refractivity contribution in [2.24, 2.45) is 0 Å². The van der Waals surface area contributed by atoms with E-state index in [1.165, 1.54) is 6.07 Å². The first kappa shape index (κ1) is 10.4. The van der Waals surface area contributed by atoms with Gasteiger partial charge < -0.3 is 14.8 Å². The maximum atomic E-state index is 8.95. The van der Waals surface area contributed by atoms with Crippen LogP contribution in [-0.2, 0) is 0 Å². The molecule has 0 aliphatic rings. The third kappa shape index (κ3) is 2.62. The van der Waals surface area contributed by atoms with Crippen molar-refractivity contribution in [3.63, 3.8) is 0 Å². The Hall–Kier alpha value is -0.705. The van der Waals surface area contributed by atoms with Gasteiger partial charge in [-0.1, -0.05) is 17.7 Å². The van der Waals surface area contributed by atoms with E-state index >= 15 is 0 Å². The van der Waals surface area contributed by atoms with Gasteiger partial charge in [-0.25, -0.2) is 0 Å². The number of benzene rings is 1. The zero-order valence-corrected chi connectivity index (χ0v) is 7.95. The highest BCUT2D eigenvalue weighted by atomic mass is 35.5. The van der Waals surface area contributed by atoms with Crippen molar-refractivity contribution in [1.82, 2.24) is 0 Å². The summed E-state index contributed by atoms with van der Waals surface area (Å²) in [7, 11) is -1.53. The third-order valence-electron chi connectivity index (χ3n) is 1.55. The van der Waals surface area contributed by atoms with E-state index in [2.05, 4.69) is 0 Å². The Bertz CT molecular complexity index is 291. The summed E-state index contributed by atoms with van der Waals surface area (Å²) in [5, 5.41) is 18.4. The van der Waals surface area contributed by atoms with Crippen molar-refractivity contribution < 1.29 is 14.8 Å². The first-order valence-corrected chi connectivity index (χ1v) is 4.31. The van der Waals surface area contributed by atoms with E-state index in [0.717, 1.165) is 0 Å². The predicted molar refractivity (Wildman–Crippen MR) is 52.4 cm³/mol. The van der Waals surface area contributed by atoms with Crippen molar-refractivity contribution in [2.45, 2.75) is 6.92 Å². The molecule has 0 amide bonds. The summed E-state index contributed by atoms with van der Waals surface area (Å²) in [6, 6.07) is 4.66. The van der Waals surface area contributed by atoms with Crippen LogP contribution >= 0.6 is 11.6 Å². The number of hydrogen-bond donors (Lipinski definition) is 2. The molecule has 0 aliphatic carbocycles. The fraction of sp³-hybridized carbons (Fsp3) is 0.250. The Morgan fingerprint density at radius 1 is 1.46 bits per heavy atom. The highest BCUT2D eigenvalue weighted by Crippen LogP contribution is 2.15. The lowest BCUT2D eigenvalue weighted by Gasteiger charge is -2.09. The zero-order valence-electron chi connectivity index (χ0n) is 7.20. The highest BCUT2D eigenvalue weighted by Gasteiger charge is 2.16. The fourth-order valence-corrected chi connectivity index (χ4v) is 1.16. The van der Waals surface area contributed by atoms with Crippen molar-refractivity contribution in [2.75, 3.05) is 6.61 Å². The van der Waals surface area contributed by atoms with Gasteiger partial charge in [0.15, 0.2) is 0 Å². The lowest BCUT2D eigenvalue weighted by atomic mass is 9.79. The molecule has 0 aromatic heterocycles. The molecular formula is C8H10BClO3. The molecule has 0 saturated heterocycles. The molecule has 0 radical (unpaired) electrons. The van der Waals surface area contributed by atoms with Gasteiger partial charge >= 0.3 is 7.12 Å². The maximum Gasteiger partial charge on any atom is 0.492 e. The summed E-state index contributed by atoms with van der Waals surface area (Å²) < 4.78 is 5.17. The summed E-state index contributed by atoms with van der Waals surface area (Å²) in [5.41, 5.74) is 0.325. The monoisotopic (exact) mass is 200 g/mol. The van der Waals surface area contributed by atoms with Crippen LogP contribution < -0.4 is 10.2 Å². The molecule has 0 fully saturated rings. The minimum Gasteiger partial charge on any atom is -0.494 e. The summed E-state index contributed by atoms with van der Waals surface area (Å²) in [6.07, 6.45) is 0. The maximum absolute atomic E-state index is 8.95. The first-order valence-electron chi connectivity index (χ1n) is 3.93. The minimum atomic E-state index is -1.53. The standard InChI is InChI=1S/C8H10BClO3/c1-2-13-8-5-6(10)3-4-7(8)9(11)12/h3-5,11-12H,2H2,1H3. The molecule has 0 heterocycles. The Kier molecular flexibility index (Phi) is 3.60. The van der Waals surface area contributed by atoms with Crippen molar-refractivity contribution >= 4 is 24.2 Å². The van der Waals surface area contributed by atoms with Gasteiger partial charge in [-0.15, -0.1) is 0 Å². The average molecular weight is 200 g/mol. The molecule has 0 unspecified atom stereocenters. The van der Waals surface area contributed by atoms with E-state index in [9.17, 15) is 0 Å². The number of halogens is 1. The molecule has 1 aromatic carbocycles. The Balaban J connectivity index is 3.03. The van der Waals surface area contributed by atoms with Crippen LogP contribution in [0.1, 0.15) is 6.92 Å². The summed E-state index contributed by atoms with van der Waals surface area (Å²) in [4.78, 5) is 0. The molecule has 1 aromatic rings. The van der Waals surface area contributed by atoms with E-state index in [0.29, 0.717) is 22.8 Å². The lowest BCUT2D eigenvalue weighted by molar-refractivity contribution is 0.340. The second-order valence-electron chi connectivity index (χ2n) is 2.49.